The SMILES string of the molecule is COc1ccc(NC(=O)OC(C)(C)C)c(NC(=O)CC(C)(C)c2ccccc2)c1. The molecule has 0 spiro atoms. The average molecular weight is 399 g/mol. The summed E-state index contributed by atoms with van der Waals surface area (Å²) in [5, 5.41) is 5.58. The monoisotopic (exact) mass is 398 g/mol. The molecule has 0 bridgehead atoms. The minimum Gasteiger partial charge on any atom is -0.497 e. The van der Waals surface area contributed by atoms with Crippen LogP contribution in [0.2, 0.25) is 0 Å². The molecule has 2 rings (SSSR count). The van der Waals surface area contributed by atoms with Gasteiger partial charge in [0.05, 0.1) is 18.5 Å². The second-order valence-electron chi connectivity index (χ2n) is 8.51. The number of rotatable bonds is 6. The predicted octanol–water partition coefficient (Wildman–Crippen LogP) is 5.35. The molecule has 2 aromatic rings. The van der Waals surface area contributed by atoms with Gasteiger partial charge in [0.25, 0.3) is 0 Å². The van der Waals surface area contributed by atoms with Crippen molar-refractivity contribution < 1.29 is 19.1 Å². The number of nitrogens with one attached hydrogen (secondary N) is 2. The Labute approximate surface area is 172 Å². The van der Waals surface area contributed by atoms with Gasteiger partial charge in [-0.2, -0.15) is 0 Å². The molecule has 0 aliphatic rings. The zero-order valence-corrected chi connectivity index (χ0v) is 18.0. The summed E-state index contributed by atoms with van der Waals surface area (Å²) in [6.45, 7) is 9.40. The third kappa shape index (κ3) is 6.82. The van der Waals surface area contributed by atoms with Crippen molar-refractivity contribution in [2.75, 3.05) is 17.7 Å². The van der Waals surface area contributed by atoms with Crippen molar-refractivity contribution >= 4 is 23.4 Å². The van der Waals surface area contributed by atoms with E-state index in [1.54, 1.807) is 46.1 Å². The van der Waals surface area contributed by atoms with Crippen LogP contribution in [0.25, 0.3) is 0 Å². The molecule has 0 saturated carbocycles. The van der Waals surface area contributed by atoms with Crippen molar-refractivity contribution in [2.24, 2.45) is 0 Å². The lowest BCUT2D eigenvalue weighted by atomic mass is 9.81. The standard InChI is InChI=1S/C23H30N2O4/c1-22(2,3)29-21(27)25-18-13-12-17(28-6)14-19(18)24-20(26)15-23(4,5)16-10-8-7-9-11-16/h7-14H,15H2,1-6H3,(H,24,26)(H,25,27). The van der Waals surface area contributed by atoms with Crippen molar-refractivity contribution in [3.63, 3.8) is 0 Å². The van der Waals surface area contributed by atoms with Gasteiger partial charge in [-0.1, -0.05) is 44.2 Å². The van der Waals surface area contributed by atoms with Crippen molar-refractivity contribution in [1.29, 1.82) is 0 Å². The topological polar surface area (TPSA) is 76.7 Å². The zero-order chi connectivity index (χ0) is 21.7. The third-order valence-corrected chi connectivity index (χ3v) is 4.29. The van der Waals surface area contributed by atoms with Gasteiger partial charge in [-0.15, -0.1) is 0 Å². The lowest BCUT2D eigenvalue weighted by Gasteiger charge is -2.25. The molecule has 0 heterocycles. The van der Waals surface area contributed by atoms with Gasteiger partial charge in [-0.25, -0.2) is 4.79 Å². The Morgan fingerprint density at radius 3 is 2.14 bits per heavy atom. The number of hydrogen-bond donors (Lipinski definition) is 2. The zero-order valence-electron chi connectivity index (χ0n) is 18.0. The van der Waals surface area contributed by atoms with Crippen LogP contribution in [0.4, 0.5) is 16.2 Å². The van der Waals surface area contributed by atoms with Gasteiger partial charge in [0.1, 0.15) is 11.4 Å². The summed E-state index contributed by atoms with van der Waals surface area (Å²) in [6, 6.07) is 14.9. The molecular formula is C23H30N2O4. The highest BCUT2D eigenvalue weighted by Crippen LogP contribution is 2.30. The van der Waals surface area contributed by atoms with Crippen LogP contribution in [0, 0.1) is 0 Å². The van der Waals surface area contributed by atoms with Crippen LogP contribution in [0.3, 0.4) is 0 Å². The summed E-state index contributed by atoms with van der Waals surface area (Å²) < 4.78 is 10.6. The molecule has 6 heteroatoms. The van der Waals surface area contributed by atoms with E-state index < -0.39 is 11.7 Å². The van der Waals surface area contributed by atoms with Gasteiger partial charge in [0.2, 0.25) is 5.91 Å². The van der Waals surface area contributed by atoms with Gasteiger partial charge >= 0.3 is 6.09 Å². The quantitative estimate of drug-likeness (QED) is 0.688. The molecule has 0 aliphatic carbocycles. The number of carbonyl (C=O) groups excluding carboxylic acids is 2. The molecule has 2 aromatic carbocycles. The van der Waals surface area contributed by atoms with E-state index in [1.807, 2.05) is 44.2 Å². The molecule has 29 heavy (non-hydrogen) atoms. The molecule has 2 amide bonds. The Hall–Kier alpha value is -3.02. The van der Waals surface area contributed by atoms with E-state index in [0.29, 0.717) is 17.1 Å². The number of benzene rings is 2. The first-order valence-corrected chi connectivity index (χ1v) is 9.53. The lowest BCUT2D eigenvalue weighted by Crippen LogP contribution is -2.28. The number of hydrogen-bond acceptors (Lipinski definition) is 4. The Balaban J connectivity index is 2.17. The molecule has 0 unspecified atom stereocenters. The van der Waals surface area contributed by atoms with E-state index in [1.165, 1.54) is 0 Å². The van der Waals surface area contributed by atoms with Crippen molar-refractivity contribution in [3.05, 3.63) is 54.1 Å². The predicted molar refractivity (Wildman–Crippen MR) is 116 cm³/mol. The third-order valence-electron chi connectivity index (χ3n) is 4.29. The van der Waals surface area contributed by atoms with Crippen molar-refractivity contribution in [2.45, 2.75) is 52.1 Å². The number of methoxy groups -OCH3 is 1. The summed E-state index contributed by atoms with van der Waals surface area (Å²) in [4.78, 5) is 24.9. The average Bonchev–Trinajstić information content (AvgIpc) is 2.62. The Morgan fingerprint density at radius 2 is 1.55 bits per heavy atom. The van der Waals surface area contributed by atoms with Crippen LogP contribution < -0.4 is 15.4 Å². The van der Waals surface area contributed by atoms with Gasteiger partial charge in [-0.3, -0.25) is 10.1 Å². The van der Waals surface area contributed by atoms with Crippen molar-refractivity contribution in [1.82, 2.24) is 0 Å². The molecule has 0 radical (unpaired) electrons. The molecule has 156 valence electrons. The second-order valence-corrected chi connectivity index (χ2v) is 8.51. The highest BCUT2D eigenvalue weighted by molar-refractivity contribution is 5.98. The van der Waals surface area contributed by atoms with E-state index in [0.717, 1.165) is 5.56 Å². The minimum absolute atomic E-state index is 0.167. The Kier molecular flexibility index (Phi) is 6.90. The van der Waals surface area contributed by atoms with E-state index in [4.69, 9.17) is 9.47 Å². The van der Waals surface area contributed by atoms with Crippen LogP contribution >= 0.6 is 0 Å². The summed E-state index contributed by atoms with van der Waals surface area (Å²) in [5.74, 6) is 0.400. The van der Waals surface area contributed by atoms with Crippen molar-refractivity contribution in [3.8, 4) is 5.75 Å². The summed E-state index contributed by atoms with van der Waals surface area (Å²) in [7, 11) is 1.54. The normalized spacial score (nSPS) is 11.5. The first-order valence-electron chi connectivity index (χ1n) is 9.53. The van der Waals surface area contributed by atoms with E-state index in [9.17, 15) is 9.59 Å². The maximum atomic E-state index is 12.8. The summed E-state index contributed by atoms with van der Waals surface area (Å²) in [6.07, 6.45) is -0.317. The fourth-order valence-corrected chi connectivity index (χ4v) is 2.86. The molecule has 2 N–H and O–H groups in total. The highest BCUT2D eigenvalue weighted by atomic mass is 16.6. The molecule has 0 fully saturated rings. The maximum Gasteiger partial charge on any atom is 0.412 e. The van der Waals surface area contributed by atoms with Crippen LogP contribution in [0.1, 0.15) is 46.6 Å². The smallest absolute Gasteiger partial charge is 0.412 e. The highest BCUT2D eigenvalue weighted by Gasteiger charge is 2.25. The number of anilines is 2. The van der Waals surface area contributed by atoms with Gasteiger partial charge < -0.3 is 14.8 Å². The summed E-state index contributed by atoms with van der Waals surface area (Å²) >= 11 is 0. The van der Waals surface area contributed by atoms with Crippen LogP contribution in [0.5, 0.6) is 5.75 Å². The molecule has 0 atom stereocenters. The number of ether oxygens (including phenoxy) is 2. The second kappa shape index (κ2) is 8.99. The largest absolute Gasteiger partial charge is 0.497 e. The minimum atomic E-state index is -0.625. The number of amides is 2. The molecular weight excluding hydrogens is 368 g/mol. The first-order chi connectivity index (χ1) is 13.5. The molecule has 0 aromatic heterocycles. The fourth-order valence-electron chi connectivity index (χ4n) is 2.86. The van der Waals surface area contributed by atoms with Crippen LogP contribution in [-0.4, -0.2) is 24.7 Å². The first kappa shape index (κ1) is 22.3. The van der Waals surface area contributed by atoms with E-state index in [-0.39, 0.29) is 17.7 Å². The molecule has 6 nitrogen and oxygen atoms in total. The molecule has 0 aliphatic heterocycles. The van der Waals surface area contributed by atoms with Crippen LogP contribution in [0.15, 0.2) is 48.5 Å². The lowest BCUT2D eigenvalue weighted by molar-refractivity contribution is -0.117. The molecule has 0 saturated heterocycles. The fraction of sp³-hybridized carbons (Fsp3) is 0.391. The van der Waals surface area contributed by atoms with Crippen LogP contribution in [-0.2, 0) is 14.9 Å². The van der Waals surface area contributed by atoms with Gasteiger partial charge in [-0.05, 0) is 43.9 Å². The van der Waals surface area contributed by atoms with E-state index in [2.05, 4.69) is 10.6 Å². The van der Waals surface area contributed by atoms with Gasteiger partial charge in [0.15, 0.2) is 0 Å². The Morgan fingerprint density at radius 1 is 0.897 bits per heavy atom. The maximum absolute atomic E-state index is 12.8. The van der Waals surface area contributed by atoms with E-state index >= 15 is 0 Å². The number of carbonyl (C=O) groups is 2. The van der Waals surface area contributed by atoms with Gasteiger partial charge in [0, 0.05) is 12.5 Å². The Bertz CT molecular complexity index is 855. The summed E-state index contributed by atoms with van der Waals surface area (Å²) in [5.41, 5.74) is 0.991.